The van der Waals surface area contributed by atoms with Crippen molar-refractivity contribution in [2.45, 2.75) is 25.9 Å². The molecule has 2 aliphatic rings. The van der Waals surface area contributed by atoms with Crippen LogP contribution in [0.4, 0.5) is 11.4 Å². The van der Waals surface area contributed by atoms with Crippen LogP contribution < -0.4 is 15.4 Å². The topological polar surface area (TPSA) is 88.3 Å². The number of ether oxygens (including phenoxy) is 2. The molecule has 0 radical (unpaired) electrons. The maximum atomic E-state index is 12.8. The number of hydrogen-bond donors (Lipinski definition) is 3. The molecule has 7 nitrogen and oxygen atoms in total. The second kappa shape index (κ2) is 8.24. The highest BCUT2D eigenvalue weighted by molar-refractivity contribution is 6.34. The Morgan fingerprint density at radius 1 is 1.35 bits per heavy atom. The number of rotatable bonds is 6. The molecule has 5 rings (SSSR count). The zero-order chi connectivity index (χ0) is 21.4. The first-order chi connectivity index (χ1) is 15.1. The summed E-state index contributed by atoms with van der Waals surface area (Å²) in [5, 5.41) is 6.96. The highest BCUT2D eigenvalue weighted by atomic mass is 35.5. The molecule has 0 bridgehead atoms. The van der Waals surface area contributed by atoms with E-state index in [1.165, 1.54) is 0 Å². The van der Waals surface area contributed by atoms with E-state index in [2.05, 4.69) is 20.6 Å². The number of nitrogens with zero attached hydrogens (tertiary/aromatic N) is 1. The van der Waals surface area contributed by atoms with Gasteiger partial charge in [-0.1, -0.05) is 23.7 Å². The number of aryl methyl sites for hydroxylation is 1. The summed E-state index contributed by atoms with van der Waals surface area (Å²) < 4.78 is 11.5. The van der Waals surface area contributed by atoms with Gasteiger partial charge in [-0.15, -0.1) is 0 Å². The van der Waals surface area contributed by atoms with Crippen molar-refractivity contribution in [1.82, 2.24) is 15.3 Å². The Morgan fingerprint density at radius 2 is 2.23 bits per heavy atom. The number of hydrogen-bond acceptors (Lipinski definition) is 5. The predicted octanol–water partition coefficient (Wildman–Crippen LogP) is 4.24. The monoisotopic (exact) mass is 438 g/mol. The molecule has 8 heteroatoms. The molecule has 31 heavy (non-hydrogen) atoms. The Morgan fingerprint density at radius 3 is 3.03 bits per heavy atom. The SMILES string of the molecule is Cc1cccc(Nc2c(-c3ccncc3OCC3CCO3)[nH]c3c2C(=O)NCC3)c1Cl. The van der Waals surface area contributed by atoms with Gasteiger partial charge in [0.05, 0.1) is 40.0 Å². The number of carbonyl (C=O) groups is 1. The molecule has 1 fully saturated rings. The Bertz CT molecular complexity index is 1140. The lowest BCUT2D eigenvalue weighted by molar-refractivity contribution is -0.0720. The second-order valence-electron chi connectivity index (χ2n) is 7.76. The summed E-state index contributed by atoms with van der Waals surface area (Å²) in [6, 6.07) is 7.67. The van der Waals surface area contributed by atoms with Gasteiger partial charge < -0.3 is 25.1 Å². The molecule has 1 amide bonds. The summed E-state index contributed by atoms with van der Waals surface area (Å²) in [4.78, 5) is 20.5. The number of fused-ring (bicyclic) bond motifs is 1. The Labute approximate surface area is 185 Å². The van der Waals surface area contributed by atoms with Crippen molar-refractivity contribution in [3.63, 3.8) is 0 Å². The van der Waals surface area contributed by atoms with Crippen LogP contribution in [0.2, 0.25) is 5.02 Å². The van der Waals surface area contributed by atoms with Gasteiger partial charge >= 0.3 is 0 Å². The smallest absolute Gasteiger partial charge is 0.255 e. The minimum Gasteiger partial charge on any atom is -0.489 e. The third kappa shape index (κ3) is 3.75. The highest BCUT2D eigenvalue weighted by Gasteiger charge is 2.29. The van der Waals surface area contributed by atoms with Gasteiger partial charge in [0.15, 0.2) is 0 Å². The van der Waals surface area contributed by atoms with Crippen LogP contribution in [0.5, 0.6) is 5.75 Å². The zero-order valence-electron chi connectivity index (χ0n) is 17.1. The molecular weight excluding hydrogens is 416 g/mol. The van der Waals surface area contributed by atoms with Crippen LogP contribution in [0.3, 0.4) is 0 Å². The summed E-state index contributed by atoms with van der Waals surface area (Å²) in [5.41, 5.74) is 5.45. The van der Waals surface area contributed by atoms with Gasteiger partial charge in [0.2, 0.25) is 0 Å². The molecule has 1 aromatic carbocycles. The fourth-order valence-electron chi connectivity index (χ4n) is 3.89. The average molecular weight is 439 g/mol. The van der Waals surface area contributed by atoms with Crippen molar-refractivity contribution in [1.29, 1.82) is 0 Å². The van der Waals surface area contributed by atoms with Gasteiger partial charge in [-0.25, -0.2) is 0 Å². The van der Waals surface area contributed by atoms with Crippen molar-refractivity contribution in [2.24, 2.45) is 0 Å². The quantitative estimate of drug-likeness (QED) is 0.535. The minimum absolute atomic E-state index is 0.111. The first kappa shape index (κ1) is 19.9. The molecular formula is C23H23ClN4O3. The first-order valence-corrected chi connectivity index (χ1v) is 10.7. The maximum absolute atomic E-state index is 12.8. The Kier molecular flexibility index (Phi) is 5.29. The number of aromatic nitrogens is 2. The number of halogens is 1. The lowest BCUT2D eigenvalue weighted by Crippen LogP contribution is -2.32. The fourth-order valence-corrected chi connectivity index (χ4v) is 4.06. The number of pyridine rings is 1. The van der Waals surface area contributed by atoms with Gasteiger partial charge in [-0.05, 0) is 24.6 Å². The number of nitrogens with one attached hydrogen (secondary N) is 3. The van der Waals surface area contributed by atoms with E-state index >= 15 is 0 Å². The maximum Gasteiger partial charge on any atom is 0.255 e. The third-order valence-electron chi connectivity index (χ3n) is 5.69. The molecule has 2 aromatic heterocycles. The van der Waals surface area contributed by atoms with E-state index in [0.29, 0.717) is 41.6 Å². The molecule has 2 aliphatic heterocycles. The molecule has 0 aliphatic carbocycles. The summed E-state index contributed by atoms with van der Waals surface area (Å²) in [6.07, 6.45) is 5.22. The molecule has 0 spiro atoms. The summed E-state index contributed by atoms with van der Waals surface area (Å²) >= 11 is 6.54. The minimum atomic E-state index is -0.116. The number of H-pyrrole nitrogens is 1. The van der Waals surface area contributed by atoms with E-state index in [1.807, 2.05) is 31.2 Å². The lowest BCUT2D eigenvalue weighted by atomic mass is 10.0. The van der Waals surface area contributed by atoms with Crippen molar-refractivity contribution in [3.8, 4) is 17.0 Å². The molecule has 1 atom stereocenters. The third-order valence-corrected chi connectivity index (χ3v) is 6.19. The molecule has 1 unspecified atom stereocenters. The number of carbonyl (C=O) groups excluding carboxylic acids is 1. The number of aromatic amines is 1. The second-order valence-corrected chi connectivity index (χ2v) is 8.14. The van der Waals surface area contributed by atoms with Crippen LogP contribution in [-0.4, -0.2) is 41.7 Å². The number of benzene rings is 1. The first-order valence-electron chi connectivity index (χ1n) is 10.4. The summed E-state index contributed by atoms with van der Waals surface area (Å²) in [5.74, 6) is 0.518. The molecule has 3 aromatic rings. The van der Waals surface area contributed by atoms with Gasteiger partial charge in [-0.3, -0.25) is 9.78 Å². The van der Waals surface area contributed by atoms with Crippen LogP contribution in [0, 0.1) is 6.92 Å². The van der Waals surface area contributed by atoms with E-state index in [1.54, 1.807) is 12.4 Å². The summed E-state index contributed by atoms with van der Waals surface area (Å²) in [6.45, 7) is 3.78. The van der Waals surface area contributed by atoms with Crippen molar-refractivity contribution < 1.29 is 14.3 Å². The van der Waals surface area contributed by atoms with E-state index in [-0.39, 0.29) is 12.0 Å². The van der Waals surface area contributed by atoms with Gasteiger partial charge in [0.25, 0.3) is 5.91 Å². The van der Waals surface area contributed by atoms with Crippen molar-refractivity contribution in [2.75, 3.05) is 25.1 Å². The molecule has 1 saturated heterocycles. The van der Waals surface area contributed by atoms with E-state index in [0.717, 1.165) is 41.2 Å². The normalized spacial score (nSPS) is 17.5. The van der Waals surface area contributed by atoms with Crippen LogP contribution in [0.15, 0.2) is 36.7 Å². The molecule has 4 heterocycles. The molecule has 0 saturated carbocycles. The van der Waals surface area contributed by atoms with Crippen molar-refractivity contribution >= 4 is 28.9 Å². The van der Waals surface area contributed by atoms with Gasteiger partial charge in [0.1, 0.15) is 12.4 Å². The van der Waals surface area contributed by atoms with Gasteiger partial charge in [-0.2, -0.15) is 0 Å². The van der Waals surface area contributed by atoms with E-state index in [4.69, 9.17) is 21.1 Å². The number of amides is 1. The largest absolute Gasteiger partial charge is 0.489 e. The van der Waals surface area contributed by atoms with Crippen LogP contribution in [0.1, 0.15) is 28.0 Å². The molecule has 3 N–H and O–H groups in total. The summed E-state index contributed by atoms with van der Waals surface area (Å²) in [7, 11) is 0. The van der Waals surface area contributed by atoms with E-state index in [9.17, 15) is 4.79 Å². The van der Waals surface area contributed by atoms with Crippen LogP contribution in [0.25, 0.3) is 11.3 Å². The lowest BCUT2D eigenvalue weighted by Gasteiger charge is -2.26. The fraction of sp³-hybridized carbons (Fsp3) is 0.304. The van der Waals surface area contributed by atoms with Crippen LogP contribution >= 0.6 is 11.6 Å². The van der Waals surface area contributed by atoms with E-state index < -0.39 is 0 Å². The predicted molar refractivity (Wildman–Crippen MR) is 119 cm³/mol. The van der Waals surface area contributed by atoms with Crippen molar-refractivity contribution in [3.05, 3.63) is 58.5 Å². The van der Waals surface area contributed by atoms with Crippen LogP contribution in [-0.2, 0) is 11.2 Å². The highest BCUT2D eigenvalue weighted by Crippen LogP contribution is 2.41. The zero-order valence-corrected chi connectivity index (χ0v) is 17.9. The molecule has 160 valence electrons. The van der Waals surface area contributed by atoms with Gasteiger partial charge in [0, 0.05) is 43.4 Å². The number of anilines is 2. The average Bonchev–Trinajstić information content (AvgIpc) is 3.10. The standard InChI is InChI=1S/C23H23ClN4O3/c1-13-3-2-4-17(20(13)24)28-22-19-16(6-9-26-23(19)29)27-21(22)15-5-8-25-11-18(15)31-12-14-7-10-30-14/h2-5,8,11,14,27-28H,6-7,9-10,12H2,1H3,(H,26,29). The Balaban J connectivity index is 1.59. The Hall–Kier alpha value is -3.03.